The number of furan rings is 1. The van der Waals surface area contributed by atoms with Crippen LogP contribution in [0.25, 0.3) is 56.0 Å². The van der Waals surface area contributed by atoms with Gasteiger partial charge in [0.05, 0.1) is 35.2 Å². The summed E-state index contributed by atoms with van der Waals surface area (Å²) >= 11 is 6.33. The van der Waals surface area contributed by atoms with Crippen LogP contribution in [0.4, 0.5) is 10.1 Å². The third kappa shape index (κ3) is 5.03. The maximum Gasteiger partial charge on any atom is 0.255 e. The van der Waals surface area contributed by atoms with E-state index in [0.717, 1.165) is 10.6 Å². The van der Waals surface area contributed by atoms with Gasteiger partial charge in [-0.25, -0.2) is 17.8 Å². The SMILES string of the molecule is CNC(=O)c1c(-c2ccc(F)cc2)oc2cc(N(C)S(C)(=O)=O)c(-c3ccc(OC)c(-c4nc5cccc(Cl)c5o4)c3)cc12. The van der Waals surface area contributed by atoms with Gasteiger partial charge < -0.3 is 18.9 Å². The van der Waals surface area contributed by atoms with E-state index in [2.05, 4.69) is 10.3 Å². The smallest absolute Gasteiger partial charge is 0.255 e. The van der Waals surface area contributed by atoms with Gasteiger partial charge in [-0.05, 0) is 60.2 Å². The molecule has 4 aromatic carbocycles. The Balaban J connectivity index is 1.64. The molecule has 0 radical (unpaired) electrons. The van der Waals surface area contributed by atoms with Crippen molar-refractivity contribution in [2.45, 2.75) is 0 Å². The van der Waals surface area contributed by atoms with Crippen molar-refractivity contribution in [3.05, 3.63) is 89.2 Å². The van der Waals surface area contributed by atoms with Crippen LogP contribution in [0.3, 0.4) is 0 Å². The van der Waals surface area contributed by atoms with Gasteiger partial charge in [-0.2, -0.15) is 0 Å². The van der Waals surface area contributed by atoms with Crippen LogP contribution in [0.2, 0.25) is 5.02 Å². The largest absolute Gasteiger partial charge is 0.496 e. The Bertz CT molecular complexity index is 2190. The van der Waals surface area contributed by atoms with Gasteiger partial charge in [0.2, 0.25) is 15.9 Å². The van der Waals surface area contributed by atoms with Gasteiger partial charge in [-0.15, -0.1) is 0 Å². The molecule has 6 aromatic rings. The lowest BCUT2D eigenvalue weighted by Crippen LogP contribution is -2.25. The minimum absolute atomic E-state index is 0.211. The fraction of sp³-hybridized carbons (Fsp3) is 0.125. The molecule has 0 fully saturated rings. The quantitative estimate of drug-likeness (QED) is 0.199. The fourth-order valence-electron chi connectivity index (χ4n) is 5.03. The van der Waals surface area contributed by atoms with Gasteiger partial charge >= 0.3 is 0 Å². The standard InChI is InChI=1S/C32H25ClFN3O6S/c1-35-31(38)28-21-15-20(18-10-13-26(41-3)22(14-18)32-36-24-7-5-6-23(33)30(24)43-32)25(37(2)44(4,39)40)16-27(21)42-29(28)17-8-11-19(34)12-9-17/h5-16H,1-4H3,(H,35,38). The van der Waals surface area contributed by atoms with Crippen LogP contribution in [0.1, 0.15) is 10.4 Å². The molecule has 1 amide bonds. The summed E-state index contributed by atoms with van der Waals surface area (Å²) in [7, 11) is 0.700. The number of amides is 1. The number of anilines is 1. The van der Waals surface area contributed by atoms with Crippen molar-refractivity contribution in [1.29, 1.82) is 0 Å². The second-order valence-electron chi connectivity index (χ2n) is 10.0. The Morgan fingerprint density at radius 2 is 1.73 bits per heavy atom. The van der Waals surface area contributed by atoms with Crippen LogP contribution in [0.5, 0.6) is 5.75 Å². The first kappa shape index (κ1) is 29.2. The number of methoxy groups -OCH3 is 1. The third-order valence-electron chi connectivity index (χ3n) is 7.31. The van der Waals surface area contributed by atoms with E-state index in [1.165, 1.54) is 45.5 Å². The number of hydrogen-bond donors (Lipinski definition) is 1. The maximum absolute atomic E-state index is 13.7. The van der Waals surface area contributed by atoms with E-state index in [0.29, 0.717) is 55.2 Å². The van der Waals surface area contributed by atoms with Crippen LogP contribution in [0, 0.1) is 5.82 Å². The lowest BCUT2D eigenvalue weighted by Gasteiger charge is -2.21. The van der Waals surface area contributed by atoms with Crippen molar-refractivity contribution in [3.63, 3.8) is 0 Å². The number of fused-ring (bicyclic) bond motifs is 2. The molecule has 0 aliphatic rings. The first-order chi connectivity index (χ1) is 21.0. The Labute approximate surface area is 256 Å². The number of para-hydroxylation sites is 1. The summed E-state index contributed by atoms with van der Waals surface area (Å²) in [5, 5.41) is 3.46. The number of halogens is 2. The first-order valence-electron chi connectivity index (χ1n) is 13.3. The van der Waals surface area contributed by atoms with E-state index in [-0.39, 0.29) is 22.8 Å². The molecule has 2 heterocycles. The molecule has 12 heteroatoms. The highest BCUT2D eigenvalue weighted by Crippen LogP contribution is 2.43. The van der Waals surface area contributed by atoms with Gasteiger partial charge in [-0.3, -0.25) is 9.10 Å². The molecule has 0 aliphatic heterocycles. The zero-order valence-corrected chi connectivity index (χ0v) is 25.5. The predicted octanol–water partition coefficient (Wildman–Crippen LogP) is 7.13. The third-order valence-corrected chi connectivity index (χ3v) is 8.80. The van der Waals surface area contributed by atoms with Crippen LogP contribution in [-0.4, -0.2) is 46.8 Å². The highest BCUT2D eigenvalue weighted by atomic mass is 35.5. The van der Waals surface area contributed by atoms with Crippen molar-refractivity contribution in [2.24, 2.45) is 0 Å². The second kappa shape index (κ2) is 11.0. The number of benzene rings is 4. The number of ether oxygens (including phenoxy) is 1. The monoisotopic (exact) mass is 633 g/mol. The molecule has 224 valence electrons. The summed E-state index contributed by atoms with van der Waals surface area (Å²) in [4.78, 5) is 17.8. The normalized spacial score (nSPS) is 11.7. The second-order valence-corrected chi connectivity index (χ2v) is 12.4. The molecule has 0 atom stereocenters. The number of carbonyl (C=O) groups excluding carboxylic acids is 1. The zero-order chi connectivity index (χ0) is 31.3. The van der Waals surface area contributed by atoms with E-state index in [4.69, 9.17) is 25.2 Å². The van der Waals surface area contributed by atoms with Crippen molar-refractivity contribution in [1.82, 2.24) is 10.3 Å². The zero-order valence-electron chi connectivity index (χ0n) is 23.9. The molecule has 0 spiro atoms. The minimum atomic E-state index is -3.73. The van der Waals surface area contributed by atoms with Crippen LogP contribution in [0.15, 0.2) is 81.6 Å². The van der Waals surface area contributed by atoms with Gasteiger partial charge in [0.15, 0.2) is 5.58 Å². The molecule has 0 aliphatic carbocycles. The highest BCUT2D eigenvalue weighted by Gasteiger charge is 2.27. The van der Waals surface area contributed by atoms with Crippen LogP contribution >= 0.6 is 11.6 Å². The lowest BCUT2D eigenvalue weighted by atomic mass is 9.97. The van der Waals surface area contributed by atoms with Crippen molar-refractivity contribution in [2.75, 3.05) is 31.8 Å². The van der Waals surface area contributed by atoms with E-state index in [1.807, 2.05) is 0 Å². The number of rotatable bonds is 7. The average molecular weight is 634 g/mol. The number of oxazole rings is 1. The summed E-state index contributed by atoms with van der Waals surface area (Å²) in [5.41, 5.74) is 3.76. The molecule has 9 nitrogen and oxygen atoms in total. The number of nitrogens with zero attached hydrogens (tertiary/aromatic N) is 2. The summed E-state index contributed by atoms with van der Waals surface area (Å²) < 4.78 is 58.2. The Hall–Kier alpha value is -4.87. The first-order valence-corrected chi connectivity index (χ1v) is 15.5. The molecule has 0 saturated heterocycles. The van der Waals surface area contributed by atoms with Crippen LogP contribution < -0.4 is 14.4 Å². The fourth-order valence-corrected chi connectivity index (χ4v) is 5.75. The molecule has 0 unspecified atom stereocenters. The van der Waals surface area contributed by atoms with E-state index in [9.17, 15) is 17.6 Å². The molecule has 44 heavy (non-hydrogen) atoms. The predicted molar refractivity (Wildman–Crippen MR) is 168 cm³/mol. The molecule has 0 saturated carbocycles. The maximum atomic E-state index is 13.7. The van der Waals surface area contributed by atoms with Crippen molar-refractivity contribution >= 4 is 55.3 Å². The lowest BCUT2D eigenvalue weighted by molar-refractivity contribution is 0.0964. The Kier molecular flexibility index (Phi) is 7.30. The Morgan fingerprint density at radius 3 is 2.39 bits per heavy atom. The summed E-state index contributed by atoms with van der Waals surface area (Å²) in [6, 6.07) is 19.3. The molecule has 1 N–H and O–H groups in total. The van der Waals surface area contributed by atoms with Gasteiger partial charge in [0.25, 0.3) is 5.91 Å². The van der Waals surface area contributed by atoms with E-state index < -0.39 is 21.7 Å². The average Bonchev–Trinajstić information content (AvgIpc) is 3.62. The van der Waals surface area contributed by atoms with Gasteiger partial charge in [-0.1, -0.05) is 23.7 Å². The number of aromatic nitrogens is 1. The highest BCUT2D eigenvalue weighted by molar-refractivity contribution is 7.92. The summed E-state index contributed by atoms with van der Waals surface area (Å²) in [6.45, 7) is 0. The molecule has 2 aromatic heterocycles. The Morgan fingerprint density at radius 1 is 1.00 bits per heavy atom. The van der Waals surface area contributed by atoms with E-state index in [1.54, 1.807) is 48.5 Å². The minimum Gasteiger partial charge on any atom is -0.496 e. The van der Waals surface area contributed by atoms with E-state index >= 15 is 0 Å². The number of sulfonamides is 1. The summed E-state index contributed by atoms with van der Waals surface area (Å²) in [5.74, 6) is 0.0461. The topological polar surface area (TPSA) is 115 Å². The number of carbonyl (C=O) groups is 1. The van der Waals surface area contributed by atoms with Gasteiger partial charge in [0, 0.05) is 36.7 Å². The number of nitrogens with one attached hydrogen (secondary N) is 1. The molecular formula is C32H25ClFN3O6S. The molecular weight excluding hydrogens is 609 g/mol. The van der Waals surface area contributed by atoms with Crippen molar-refractivity contribution in [3.8, 4) is 39.7 Å². The van der Waals surface area contributed by atoms with Crippen molar-refractivity contribution < 1.29 is 31.2 Å². The summed E-state index contributed by atoms with van der Waals surface area (Å²) in [6.07, 6.45) is 1.09. The molecule has 6 rings (SSSR count). The number of hydrogen-bond acceptors (Lipinski definition) is 7. The molecule has 0 bridgehead atoms. The van der Waals surface area contributed by atoms with Crippen LogP contribution in [-0.2, 0) is 10.0 Å². The van der Waals surface area contributed by atoms with Gasteiger partial charge in [0.1, 0.15) is 28.4 Å².